The van der Waals surface area contributed by atoms with Crippen molar-refractivity contribution in [3.63, 3.8) is 0 Å². The van der Waals surface area contributed by atoms with Gasteiger partial charge in [-0.15, -0.1) is 0 Å². The smallest absolute Gasteiger partial charge is 0.165 e. The van der Waals surface area contributed by atoms with E-state index in [1.807, 2.05) is 12.1 Å². The third-order valence-corrected chi connectivity index (χ3v) is 4.00. The molecule has 98 valence electrons. The highest BCUT2D eigenvalue weighted by molar-refractivity contribution is 5.97. The minimum absolute atomic E-state index is 0.190. The lowest BCUT2D eigenvalue weighted by atomic mass is 9.81. The van der Waals surface area contributed by atoms with Crippen LogP contribution in [0.2, 0.25) is 0 Å². The number of carbonyl (C=O) groups is 1. The van der Waals surface area contributed by atoms with Gasteiger partial charge in [0.2, 0.25) is 0 Å². The van der Waals surface area contributed by atoms with E-state index in [9.17, 15) is 4.79 Å². The van der Waals surface area contributed by atoms with E-state index in [4.69, 9.17) is 5.73 Å². The maximum Gasteiger partial charge on any atom is 0.165 e. The summed E-state index contributed by atoms with van der Waals surface area (Å²) in [5.74, 6) is 1.01. The molecule has 1 aromatic rings. The van der Waals surface area contributed by atoms with Crippen molar-refractivity contribution in [1.29, 1.82) is 0 Å². The molecule has 0 spiro atoms. The van der Waals surface area contributed by atoms with Gasteiger partial charge in [-0.3, -0.25) is 4.79 Å². The van der Waals surface area contributed by atoms with Crippen LogP contribution >= 0.6 is 0 Å². The second kappa shape index (κ2) is 5.66. The van der Waals surface area contributed by atoms with Crippen molar-refractivity contribution >= 4 is 5.78 Å². The number of hydrogen-bond acceptors (Lipinski definition) is 2. The van der Waals surface area contributed by atoms with Gasteiger partial charge >= 0.3 is 0 Å². The normalized spacial score (nSPS) is 24.2. The molecular weight excluding hydrogens is 222 g/mol. The molecule has 0 atom stereocenters. The molecule has 18 heavy (non-hydrogen) atoms. The fourth-order valence-corrected chi connectivity index (χ4v) is 2.65. The Bertz CT molecular complexity index is 400. The largest absolute Gasteiger partial charge is 0.328 e. The van der Waals surface area contributed by atoms with Crippen molar-refractivity contribution in [2.24, 2.45) is 11.7 Å². The molecule has 2 N–H and O–H groups in total. The van der Waals surface area contributed by atoms with Crippen LogP contribution in [0.25, 0.3) is 0 Å². The first-order chi connectivity index (χ1) is 8.58. The van der Waals surface area contributed by atoms with E-state index in [1.54, 1.807) is 0 Å². The highest BCUT2D eigenvalue weighted by atomic mass is 16.1. The zero-order valence-corrected chi connectivity index (χ0v) is 11.4. The fraction of sp³-hybridized carbons (Fsp3) is 0.562. The predicted molar refractivity (Wildman–Crippen MR) is 74.8 cm³/mol. The Labute approximate surface area is 110 Å². The minimum atomic E-state index is 0.190. The number of carbonyl (C=O) groups excluding carboxylic acids is 1. The van der Waals surface area contributed by atoms with Gasteiger partial charge in [0.05, 0.1) is 0 Å². The van der Waals surface area contributed by atoms with Gasteiger partial charge in [0, 0.05) is 17.5 Å². The Balaban J connectivity index is 2.04. The third kappa shape index (κ3) is 2.99. The van der Waals surface area contributed by atoms with Crippen LogP contribution in [0.15, 0.2) is 24.3 Å². The summed E-state index contributed by atoms with van der Waals surface area (Å²) in [7, 11) is 0. The van der Waals surface area contributed by atoms with Crippen molar-refractivity contribution in [3.05, 3.63) is 35.4 Å². The van der Waals surface area contributed by atoms with Crippen LogP contribution in [0.3, 0.4) is 0 Å². The SMILES string of the molecule is CC(C)c1ccc(C(=O)C2CCC(N)CC2)cc1. The lowest BCUT2D eigenvalue weighted by molar-refractivity contribution is 0.0884. The van der Waals surface area contributed by atoms with Crippen molar-refractivity contribution in [1.82, 2.24) is 0 Å². The molecule has 0 heterocycles. The van der Waals surface area contributed by atoms with Gasteiger partial charge in [0.15, 0.2) is 5.78 Å². The van der Waals surface area contributed by atoms with E-state index in [-0.39, 0.29) is 5.92 Å². The highest BCUT2D eigenvalue weighted by Crippen LogP contribution is 2.27. The van der Waals surface area contributed by atoms with Gasteiger partial charge in [-0.2, -0.15) is 0 Å². The van der Waals surface area contributed by atoms with E-state index in [1.165, 1.54) is 5.56 Å². The molecule has 0 saturated heterocycles. The zero-order chi connectivity index (χ0) is 13.1. The van der Waals surface area contributed by atoms with E-state index < -0.39 is 0 Å². The molecule has 0 bridgehead atoms. The average molecular weight is 245 g/mol. The molecule has 1 saturated carbocycles. The summed E-state index contributed by atoms with van der Waals surface area (Å²) < 4.78 is 0. The number of ketones is 1. The fourth-order valence-electron chi connectivity index (χ4n) is 2.65. The Hall–Kier alpha value is -1.15. The number of Topliss-reactive ketones (excluding diaryl/α,β-unsaturated/α-hetero) is 1. The van der Waals surface area contributed by atoms with Gasteiger partial charge in [-0.05, 0) is 37.2 Å². The van der Waals surface area contributed by atoms with E-state index >= 15 is 0 Å². The van der Waals surface area contributed by atoms with Crippen LogP contribution < -0.4 is 5.73 Å². The number of benzene rings is 1. The summed E-state index contributed by atoms with van der Waals surface area (Å²) >= 11 is 0. The molecule has 0 radical (unpaired) electrons. The second-order valence-corrected chi connectivity index (χ2v) is 5.75. The van der Waals surface area contributed by atoms with Crippen LogP contribution in [0.5, 0.6) is 0 Å². The molecule has 1 aliphatic rings. The van der Waals surface area contributed by atoms with Gasteiger partial charge in [0.1, 0.15) is 0 Å². The van der Waals surface area contributed by atoms with Gasteiger partial charge in [0.25, 0.3) is 0 Å². The van der Waals surface area contributed by atoms with Crippen molar-refractivity contribution in [3.8, 4) is 0 Å². The van der Waals surface area contributed by atoms with Gasteiger partial charge < -0.3 is 5.73 Å². The first kappa shape index (κ1) is 13.3. The molecule has 2 nitrogen and oxygen atoms in total. The first-order valence-corrected chi connectivity index (χ1v) is 6.97. The summed E-state index contributed by atoms with van der Waals surface area (Å²) in [5, 5.41) is 0. The number of hydrogen-bond donors (Lipinski definition) is 1. The topological polar surface area (TPSA) is 43.1 Å². The molecular formula is C16H23NO. The highest BCUT2D eigenvalue weighted by Gasteiger charge is 2.25. The predicted octanol–water partition coefficient (Wildman–Crippen LogP) is 3.51. The summed E-state index contributed by atoms with van der Waals surface area (Å²) in [6.45, 7) is 4.33. The Morgan fingerprint density at radius 2 is 1.67 bits per heavy atom. The van der Waals surface area contributed by atoms with Crippen molar-refractivity contribution in [2.45, 2.75) is 51.5 Å². The summed E-state index contributed by atoms with van der Waals surface area (Å²) in [6.07, 6.45) is 3.87. The van der Waals surface area contributed by atoms with E-state index in [0.717, 1.165) is 31.2 Å². The van der Waals surface area contributed by atoms with Crippen molar-refractivity contribution < 1.29 is 4.79 Å². The molecule has 2 heteroatoms. The molecule has 1 aliphatic carbocycles. The maximum atomic E-state index is 12.3. The molecule has 2 rings (SSSR count). The second-order valence-electron chi connectivity index (χ2n) is 5.75. The summed E-state index contributed by atoms with van der Waals surface area (Å²) in [5.41, 5.74) is 8.03. The monoisotopic (exact) mass is 245 g/mol. The number of nitrogens with two attached hydrogens (primary N) is 1. The van der Waals surface area contributed by atoms with Crippen LogP contribution in [0.4, 0.5) is 0 Å². The summed E-state index contributed by atoms with van der Waals surface area (Å²) in [6, 6.07) is 8.41. The quantitative estimate of drug-likeness (QED) is 0.828. The molecule has 1 fully saturated rings. The zero-order valence-electron chi connectivity index (χ0n) is 11.4. The lowest BCUT2D eigenvalue weighted by Crippen LogP contribution is -2.29. The van der Waals surface area contributed by atoms with Gasteiger partial charge in [-0.25, -0.2) is 0 Å². The van der Waals surface area contributed by atoms with E-state index in [0.29, 0.717) is 17.7 Å². The third-order valence-electron chi connectivity index (χ3n) is 4.00. The Morgan fingerprint density at radius 1 is 1.11 bits per heavy atom. The first-order valence-electron chi connectivity index (χ1n) is 6.97. The van der Waals surface area contributed by atoms with Crippen LogP contribution in [-0.2, 0) is 0 Å². The van der Waals surface area contributed by atoms with Crippen LogP contribution in [0.1, 0.15) is 61.4 Å². The molecule has 1 aromatic carbocycles. The minimum Gasteiger partial charge on any atom is -0.328 e. The molecule has 0 aromatic heterocycles. The summed E-state index contributed by atoms with van der Waals surface area (Å²) in [4.78, 5) is 12.3. The maximum absolute atomic E-state index is 12.3. The van der Waals surface area contributed by atoms with Gasteiger partial charge in [-0.1, -0.05) is 38.1 Å². The van der Waals surface area contributed by atoms with E-state index in [2.05, 4.69) is 26.0 Å². The lowest BCUT2D eigenvalue weighted by Gasteiger charge is -2.25. The average Bonchev–Trinajstić information content (AvgIpc) is 2.39. The molecule has 0 amide bonds. The standard InChI is InChI=1S/C16H23NO/c1-11(2)12-3-5-13(6-4-12)16(18)14-7-9-15(17)10-8-14/h3-6,11,14-15H,7-10,17H2,1-2H3. The van der Waals surface area contributed by atoms with Crippen molar-refractivity contribution in [2.75, 3.05) is 0 Å². The van der Waals surface area contributed by atoms with Crippen LogP contribution in [0, 0.1) is 5.92 Å². The Kier molecular flexibility index (Phi) is 4.18. The molecule has 0 aliphatic heterocycles. The molecule has 0 unspecified atom stereocenters. The Morgan fingerprint density at radius 3 is 2.17 bits per heavy atom. The van der Waals surface area contributed by atoms with Crippen LogP contribution in [-0.4, -0.2) is 11.8 Å². The number of rotatable bonds is 3.